The number of hydrogen-bond acceptors (Lipinski definition) is 7. The van der Waals surface area contributed by atoms with E-state index in [4.69, 9.17) is 15.0 Å². The van der Waals surface area contributed by atoms with Gasteiger partial charge < -0.3 is 15.0 Å². The fourth-order valence-corrected chi connectivity index (χ4v) is 2.68. The molecular formula is C13H24N4O2S. The zero-order valence-corrected chi connectivity index (χ0v) is 13.2. The Morgan fingerprint density at radius 1 is 1.50 bits per heavy atom. The normalized spacial score (nSPS) is 22.4. The molecule has 1 aliphatic rings. The van der Waals surface area contributed by atoms with Gasteiger partial charge in [-0.1, -0.05) is 5.16 Å². The largest absolute Gasteiger partial charge is 0.367 e. The van der Waals surface area contributed by atoms with E-state index in [1.807, 2.05) is 0 Å². The molecule has 6 nitrogen and oxygen atoms in total. The smallest absolute Gasteiger partial charge is 0.243 e. The minimum Gasteiger partial charge on any atom is -0.367 e. The number of rotatable bonds is 6. The molecule has 0 amide bonds. The highest BCUT2D eigenvalue weighted by atomic mass is 32.2. The lowest BCUT2D eigenvalue weighted by atomic mass is 10.2. The van der Waals surface area contributed by atoms with Crippen molar-refractivity contribution in [1.82, 2.24) is 15.0 Å². The number of thioether (sulfide) groups is 1. The highest BCUT2D eigenvalue weighted by molar-refractivity contribution is 7.98. The maximum Gasteiger partial charge on any atom is 0.243 e. The van der Waals surface area contributed by atoms with E-state index in [2.05, 4.69) is 35.1 Å². The van der Waals surface area contributed by atoms with Crippen LogP contribution in [-0.4, -0.2) is 52.8 Å². The number of ether oxygens (including phenoxy) is 1. The molecule has 2 N–H and O–H groups in total. The van der Waals surface area contributed by atoms with E-state index in [0.717, 1.165) is 25.3 Å². The van der Waals surface area contributed by atoms with E-state index in [0.29, 0.717) is 24.4 Å². The summed E-state index contributed by atoms with van der Waals surface area (Å²) in [5, 5.41) is 4.04. The van der Waals surface area contributed by atoms with Gasteiger partial charge >= 0.3 is 0 Å². The zero-order valence-electron chi connectivity index (χ0n) is 12.4. The summed E-state index contributed by atoms with van der Waals surface area (Å²) in [5.41, 5.74) is 6.04. The van der Waals surface area contributed by atoms with Gasteiger partial charge in [-0.15, -0.1) is 0 Å². The van der Waals surface area contributed by atoms with Crippen LogP contribution in [0.5, 0.6) is 0 Å². The second-order valence-corrected chi connectivity index (χ2v) is 6.31. The molecule has 0 radical (unpaired) electrons. The second-order valence-electron chi connectivity index (χ2n) is 5.33. The Morgan fingerprint density at radius 3 is 3.00 bits per heavy atom. The third-order valence-corrected chi connectivity index (χ3v) is 4.17. The molecule has 0 aliphatic carbocycles. The van der Waals surface area contributed by atoms with Gasteiger partial charge in [-0.3, -0.25) is 4.90 Å². The molecule has 1 aromatic heterocycles. The first-order valence-electron chi connectivity index (χ1n) is 7.05. The SMILES string of the molecule is CSCCC(N)c1nc(C2CN(C(C)C)CCO2)no1. The summed E-state index contributed by atoms with van der Waals surface area (Å²) in [6.45, 7) is 6.82. The van der Waals surface area contributed by atoms with Crippen molar-refractivity contribution in [1.29, 1.82) is 0 Å². The molecule has 0 aromatic carbocycles. The van der Waals surface area contributed by atoms with Crippen molar-refractivity contribution in [3.8, 4) is 0 Å². The van der Waals surface area contributed by atoms with E-state index in [1.54, 1.807) is 11.8 Å². The number of hydrogen-bond donors (Lipinski definition) is 1. The molecule has 0 bridgehead atoms. The average Bonchev–Trinajstić information content (AvgIpc) is 2.94. The lowest BCUT2D eigenvalue weighted by molar-refractivity contribution is -0.0450. The van der Waals surface area contributed by atoms with Gasteiger partial charge in [0.05, 0.1) is 12.6 Å². The Morgan fingerprint density at radius 2 is 2.30 bits per heavy atom. The lowest BCUT2D eigenvalue weighted by Crippen LogP contribution is -2.42. The predicted octanol–water partition coefficient (Wildman–Crippen LogP) is 1.60. The van der Waals surface area contributed by atoms with Gasteiger partial charge in [0.1, 0.15) is 6.10 Å². The Bertz CT molecular complexity index is 413. The molecule has 0 saturated carbocycles. The minimum absolute atomic E-state index is 0.114. The molecule has 114 valence electrons. The third-order valence-electron chi connectivity index (χ3n) is 3.52. The molecule has 1 aliphatic heterocycles. The summed E-state index contributed by atoms with van der Waals surface area (Å²) in [6.07, 6.45) is 2.78. The van der Waals surface area contributed by atoms with Crippen LogP contribution in [0.1, 0.15) is 44.1 Å². The minimum atomic E-state index is -0.187. The van der Waals surface area contributed by atoms with Crippen LogP contribution in [0.4, 0.5) is 0 Å². The molecule has 2 unspecified atom stereocenters. The molecular weight excluding hydrogens is 276 g/mol. The molecule has 7 heteroatoms. The quantitative estimate of drug-likeness (QED) is 0.855. The molecule has 2 rings (SSSR count). The van der Waals surface area contributed by atoms with E-state index >= 15 is 0 Å². The molecule has 2 atom stereocenters. The standard InChI is InChI=1S/C13H24N4O2S/c1-9(2)17-5-6-18-11(8-17)12-15-13(19-16-12)10(14)4-7-20-3/h9-11H,4-8,14H2,1-3H3. The van der Waals surface area contributed by atoms with Crippen molar-refractivity contribution in [3.05, 3.63) is 11.7 Å². The van der Waals surface area contributed by atoms with Gasteiger partial charge in [0.25, 0.3) is 0 Å². The van der Waals surface area contributed by atoms with Gasteiger partial charge in [-0.05, 0) is 32.3 Å². The van der Waals surface area contributed by atoms with Gasteiger partial charge in [-0.2, -0.15) is 16.7 Å². The fraction of sp³-hybridized carbons (Fsp3) is 0.846. The van der Waals surface area contributed by atoms with Gasteiger partial charge in [0.2, 0.25) is 11.7 Å². The Balaban J connectivity index is 1.97. The third kappa shape index (κ3) is 3.94. The van der Waals surface area contributed by atoms with Crippen LogP contribution < -0.4 is 5.73 Å². The van der Waals surface area contributed by atoms with Gasteiger partial charge in [-0.25, -0.2) is 0 Å². The van der Waals surface area contributed by atoms with Crippen LogP contribution in [0.2, 0.25) is 0 Å². The molecule has 20 heavy (non-hydrogen) atoms. The summed E-state index contributed by atoms with van der Waals surface area (Å²) < 4.78 is 11.0. The first-order valence-corrected chi connectivity index (χ1v) is 8.45. The van der Waals surface area contributed by atoms with Crippen LogP contribution in [0.25, 0.3) is 0 Å². The van der Waals surface area contributed by atoms with Crippen LogP contribution in [-0.2, 0) is 4.74 Å². The fourth-order valence-electron chi connectivity index (χ4n) is 2.19. The zero-order chi connectivity index (χ0) is 14.5. The first-order chi connectivity index (χ1) is 9.61. The molecule has 1 saturated heterocycles. The van der Waals surface area contributed by atoms with E-state index in [1.165, 1.54) is 0 Å². The number of nitrogens with two attached hydrogens (primary N) is 1. The number of morpholine rings is 1. The summed E-state index contributed by atoms with van der Waals surface area (Å²) in [7, 11) is 0. The lowest BCUT2D eigenvalue weighted by Gasteiger charge is -2.34. The van der Waals surface area contributed by atoms with Crippen molar-refractivity contribution in [3.63, 3.8) is 0 Å². The van der Waals surface area contributed by atoms with Crippen LogP contribution >= 0.6 is 11.8 Å². The number of aromatic nitrogens is 2. The predicted molar refractivity (Wildman–Crippen MR) is 79.6 cm³/mol. The summed E-state index contributed by atoms with van der Waals surface area (Å²) in [5.74, 6) is 2.12. The highest BCUT2D eigenvalue weighted by Crippen LogP contribution is 2.23. The van der Waals surface area contributed by atoms with Crippen molar-refractivity contribution < 1.29 is 9.26 Å². The number of nitrogens with zero attached hydrogens (tertiary/aromatic N) is 3. The molecule has 1 fully saturated rings. The Hall–Kier alpha value is -0.630. The molecule has 0 spiro atoms. The average molecular weight is 300 g/mol. The summed E-state index contributed by atoms with van der Waals surface area (Å²) in [4.78, 5) is 6.78. The van der Waals surface area contributed by atoms with E-state index in [9.17, 15) is 0 Å². The Labute approximate surface area is 124 Å². The van der Waals surface area contributed by atoms with E-state index < -0.39 is 0 Å². The maximum atomic E-state index is 6.04. The molecule has 1 aromatic rings. The van der Waals surface area contributed by atoms with Gasteiger partial charge in [0.15, 0.2) is 0 Å². The summed E-state index contributed by atoms with van der Waals surface area (Å²) >= 11 is 1.76. The topological polar surface area (TPSA) is 77.4 Å². The van der Waals surface area contributed by atoms with Crippen molar-refractivity contribution in [2.75, 3.05) is 31.7 Å². The molecule has 2 heterocycles. The summed E-state index contributed by atoms with van der Waals surface area (Å²) in [6, 6.07) is 0.310. The first kappa shape index (κ1) is 15.8. The van der Waals surface area contributed by atoms with Crippen LogP contribution in [0.15, 0.2) is 4.52 Å². The second kappa shape index (κ2) is 7.40. The monoisotopic (exact) mass is 300 g/mol. The maximum absolute atomic E-state index is 6.04. The van der Waals surface area contributed by atoms with Gasteiger partial charge in [0, 0.05) is 19.1 Å². The van der Waals surface area contributed by atoms with Crippen LogP contribution in [0.3, 0.4) is 0 Å². The highest BCUT2D eigenvalue weighted by Gasteiger charge is 2.28. The Kier molecular flexibility index (Phi) is 5.83. The van der Waals surface area contributed by atoms with Crippen LogP contribution in [0, 0.1) is 0 Å². The van der Waals surface area contributed by atoms with E-state index in [-0.39, 0.29) is 12.1 Å². The van der Waals surface area contributed by atoms with Crippen molar-refractivity contribution in [2.24, 2.45) is 5.73 Å². The van der Waals surface area contributed by atoms with Crippen molar-refractivity contribution >= 4 is 11.8 Å². The van der Waals surface area contributed by atoms with Crippen molar-refractivity contribution in [2.45, 2.75) is 38.5 Å².